The molecule has 4 nitrogen and oxygen atoms in total. The predicted molar refractivity (Wildman–Crippen MR) is 61.6 cm³/mol. The SMILES string of the molecule is COCCCNC(=O)CCC(C)CCN. The Labute approximate surface area is 92.6 Å². The van der Waals surface area contributed by atoms with Crippen LogP contribution in [-0.2, 0) is 9.53 Å². The summed E-state index contributed by atoms with van der Waals surface area (Å²) >= 11 is 0. The molecule has 0 rings (SSSR count). The minimum absolute atomic E-state index is 0.134. The standard InChI is InChI=1S/C11H24N2O2/c1-10(6-7-12)4-5-11(14)13-8-3-9-15-2/h10H,3-9,12H2,1-2H3,(H,13,14). The highest BCUT2D eigenvalue weighted by atomic mass is 16.5. The molecule has 0 aromatic carbocycles. The van der Waals surface area contributed by atoms with Gasteiger partial charge >= 0.3 is 0 Å². The van der Waals surface area contributed by atoms with Crippen molar-refractivity contribution in [3.05, 3.63) is 0 Å². The number of amides is 1. The molecule has 0 heterocycles. The number of hydrogen-bond acceptors (Lipinski definition) is 3. The number of hydrogen-bond donors (Lipinski definition) is 2. The zero-order valence-corrected chi connectivity index (χ0v) is 9.92. The van der Waals surface area contributed by atoms with Gasteiger partial charge in [-0.2, -0.15) is 0 Å². The molecule has 1 atom stereocenters. The van der Waals surface area contributed by atoms with Crippen LogP contribution in [0.3, 0.4) is 0 Å². The fourth-order valence-electron chi connectivity index (χ4n) is 1.34. The van der Waals surface area contributed by atoms with Crippen molar-refractivity contribution in [1.82, 2.24) is 5.32 Å². The molecule has 0 spiro atoms. The lowest BCUT2D eigenvalue weighted by Gasteiger charge is -2.09. The summed E-state index contributed by atoms with van der Waals surface area (Å²) in [5.41, 5.74) is 5.43. The topological polar surface area (TPSA) is 64.3 Å². The van der Waals surface area contributed by atoms with Crippen LogP contribution in [0, 0.1) is 5.92 Å². The average molecular weight is 216 g/mol. The van der Waals surface area contributed by atoms with Crippen molar-refractivity contribution < 1.29 is 9.53 Å². The molecule has 0 bridgehead atoms. The Hall–Kier alpha value is -0.610. The van der Waals surface area contributed by atoms with E-state index in [9.17, 15) is 4.79 Å². The second-order valence-electron chi connectivity index (χ2n) is 3.92. The molecular weight excluding hydrogens is 192 g/mol. The maximum atomic E-state index is 11.3. The van der Waals surface area contributed by atoms with Crippen LogP contribution < -0.4 is 11.1 Å². The molecule has 15 heavy (non-hydrogen) atoms. The van der Waals surface area contributed by atoms with Crippen LogP contribution >= 0.6 is 0 Å². The maximum Gasteiger partial charge on any atom is 0.220 e. The van der Waals surface area contributed by atoms with E-state index in [1.165, 1.54) is 0 Å². The molecule has 0 saturated carbocycles. The van der Waals surface area contributed by atoms with Crippen LogP contribution in [0.15, 0.2) is 0 Å². The highest BCUT2D eigenvalue weighted by Crippen LogP contribution is 2.08. The Balaban J connectivity index is 3.32. The summed E-state index contributed by atoms with van der Waals surface area (Å²) in [5.74, 6) is 0.676. The van der Waals surface area contributed by atoms with E-state index in [2.05, 4.69) is 12.2 Å². The van der Waals surface area contributed by atoms with Gasteiger partial charge in [0.25, 0.3) is 0 Å². The van der Waals surface area contributed by atoms with Gasteiger partial charge in [0.2, 0.25) is 5.91 Å². The number of nitrogens with one attached hydrogen (secondary N) is 1. The van der Waals surface area contributed by atoms with Crippen molar-refractivity contribution in [3.8, 4) is 0 Å². The van der Waals surface area contributed by atoms with Gasteiger partial charge in [0.15, 0.2) is 0 Å². The van der Waals surface area contributed by atoms with E-state index < -0.39 is 0 Å². The Kier molecular flexibility index (Phi) is 9.52. The minimum Gasteiger partial charge on any atom is -0.385 e. The molecule has 0 aliphatic rings. The summed E-state index contributed by atoms with van der Waals surface area (Å²) in [7, 11) is 1.66. The minimum atomic E-state index is 0.134. The molecule has 0 aliphatic heterocycles. The van der Waals surface area contributed by atoms with Crippen LogP contribution in [0.1, 0.15) is 32.6 Å². The second kappa shape index (κ2) is 9.93. The summed E-state index contributed by atoms with van der Waals surface area (Å²) in [6.45, 7) is 4.24. The van der Waals surface area contributed by atoms with Crippen LogP contribution in [0.5, 0.6) is 0 Å². The third-order valence-corrected chi connectivity index (χ3v) is 2.37. The van der Waals surface area contributed by atoms with Crippen LogP contribution in [0.25, 0.3) is 0 Å². The Morgan fingerprint density at radius 2 is 2.20 bits per heavy atom. The number of nitrogens with two attached hydrogens (primary N) is 1. The normalized spacial score (nSPS) is 12.5. The number of carbonyl (C=O) groups excluding carboxylic acids is 1. The predicted octanol–water partition coefficient (Wildman–Crippen LogP) is 0.904. The third-order valence-electron chi connectivity index (χ3n) is 2.37. The third kappa shape index (κ3) is 9.69. The summed E-state index contributed by atoms with van der Waals surface area (Å²) in [4.78, 5) is 11.3. The number of carbonyl (C=O) groups is 1. The molecule has 0 aromatic heterocycles. The van der Waals surface area contributed by atoms with Crippen LogP contribution in [0.2, 0.25) is 0 Å². The van der Waals surface area contributed by atoms with Gasteiger partial charge < -0.3 is 15.8 Å². The van der Waals surface area contributed by atoms with Crippen molar-refractivity contribution in [2.24, 2.45) is 11.7 Å². The van der Waals surface area contributed by atoms with E-state index >= 15 is 0 Å². The number of methoxy groups -OCH3 is 1. The first-order valence-corrected chi connectivity index (χ1v) is 5.66. The molecule has 90 valence electrons. The van der Waals surface area contributed by atoms with E-state index in [0.717, 1.165) is 19.3 Å². The van der Waals surface area contributed by atoms with Gasteiger partial charge in [0, 0.05) is 26.7 Å². The van der Waals surface area contributed by atoms with Crippen molar-refractivity contribution in [2.45, 2.75) is 32.6 Å². The lowest BCUT2D eigenvalue weighted by molar-refractivity contribution is -0.121. The smallest absolute Gasteiger partial charge is 0.220 e. The van der Waals surface area contributed by atoms with Crippen LogP contribution in [-0.4, -0.2) is 32.7 Å². The summed E-state index contributed by atoms with van der Waals surface area (Å²) in [6.07, 6.45) is 3.40. The fourth-order valence-corrected chi connectivity index (χ4v) is 1.34. The van der Waals surface area contributed by atoms with Crippen molar-refractivity contribution >= 4 is 5.91 Å². The lowest BCUT2D eigenvalue weighted by Crippen LogP contribution is -2.25. The lowest BCUT2D eigenvalue weighted by atomic mass is 10.0. The molecule has 4 heteroatoms. The van der Waals surface area contributed by atoms with Gasteiger partial charge in [-0.25, -0.2) is 0 Å². The molecule has 0 saturated heterocycles. The molecule has 3 N–H and O–H groups in total. The first kappa shape index (κ1) is 14.4. The first-order valence-electron chi connectivity index (χ1n) is 5.66. The van der Waals surface area contributed by atoms with Crippen molar-refractivity contribution in [1.29, 1.82) is 0 Å². The first-order chi connectivity index (χ1) is 7.20. The van der Waals surface area contributed by atoms with Gasteiger partial charge in [-0.05, 0) is 31.7 Å². The quantitative estimate of drug-likeness (QED) is 0.563. The van der Waals surface area contributed by atoms with Gasteiger partial charge in [0.1, 0.15) is 0 Å². The van der Waals surface area contributed by atoms with Crippen molar-refractivity contribution in [2.75, 3.05) is 26.8 Å². The highest BCUT2D eigenvalue weighted by molar-refractivity contribution is 5.75. The Morgan fingerprint density at radius 1 is 1.47 bits per heavy atom. The molecule has 0 aromatic rings. The van der Waals surface area contributed by atoms with Gasteiger partial charge in [-0.3, -0.25) is 4.79 Å². The summed E-state index contributed by atoms with van der Waals surface area (Å²) in [6, 6.07) is 0. The molecule has 1 amide bonds. The van der Waals surface area contributed by atoms with E-state index in [-0.39, 0.29) is 5.91 Å². The zero-order valence-electron chi connectivity index (χ0n) is 9.92. The zero-order chi connectivity index (χ0) is 11.5. The largest absolute Gasteiger partial charge is 0.385 e. The van der Waals surface area contributed by atoms with E-state index in [0.29, 0.717) is 32.0 Å². The molecule has 1 unspecified atom stereocenters. The molecule has 0 fully saturated rings. The summed E-state index contributed by atoms with van der Waals surface area (Å²) in [5, 5.41) is 2.86. The molecule has 0 aliphatic carbocycles. The van der Waals surface area contributed by atoms with E-state index in [4.69, 9.17) is 10.5 Å². The Morgan fingerprint density at radius 3 is 2.80 bits per heavy atom. The molecule has 0 radical (unpaired) electrons. The highest BCUT2D eigenvalue weighted by Gasteiger charge is 2.05. The fraction of sp³-hybridized carbons (Fsp3) is 0.909. The number of ether oxygens (including phenoxy) is 1. The van der Waals surface area contributed by atoms with Crippen LogP contribution in [0.4, 0.5) is 0 Å². The van der Waals surface area contributed by atoms with Crippen molar-refractivity contribution in [3.63, 3.8) is 0 Å². The monoisotopic (exact) mass is 216 g/mol. The van der Waals surface area contributed by atoms with Gasteiger partial charge in [0.05, 0.1) is 0 Å². The van der Waals surface area contributed by atoms with Gasteiger partial charge in [-0.15, -0.1) is 0 Å². The number of rotatable bonds is 9. The summed E-state index contributed by atoms with van der Waals surface area (Å²) < 4.78 is 4.89. The molecular formula is C11H24N2O2. The van der Waals surface area contributed by atoms with E-state index in [1.54, 1.807) is 7.11 Å². The average Bonchev–Trinajstić information content (AvgIpc) is 2.22. The maximum absolute atomic E-state index is 11.3. The Bertz CT molecular complexity index is 163. The second-order valence-corrected chi connectivity index (χ2v) is 3.92. The van der Waals surface area contributed by atoms with Gasteiger partial charge in [-0.1, -0.05) is 6.92 Å². The van der Waals surface area contributed by atoms with E-state index in [1.807, 2.05) is 0 Å².